The van der Waals surface area contributed by atoms with Gasteiger partial charge in [0.15, 0.2) is 5.65 Å². The second-order valence-corrected chi connectivity index (χ2v) is 7.06. The van der Waals surface area contributed by atoms with Crippen LogP contribution in [0.25, 0.3) is 16.7 Å². The highest BCUT2D eigenvalue weighted by Gasteiger charge is 2.29. The van der Waals surface area contributed by atoms with Crippen molar-refractivity contribution in [1.29, 1.82) is 0 Å². The summed E-state index contributed by atoms with van der Waals surface area (Å²) < 4.78 is 7.29. The summed E-state index contributed by atoms with van der Waals surface area (Å²) in [6.07, 6.45) is 0.445. The number of amides is 1. The molecular formula is C18H16Cl2N4O3. The Morgan fingerprint density at radius 2 is 2.11 bits per heavy atom. The molecule has 1 fully saturated rings. The highest BCUT2D eigenvalue weighted by atomic mass is 35.5. The normalized spacial score (nSPS) is 17.4. The summed E-state index contributed by atoms with van der Waals surface area (Å²) >= 11 is 12.5. The topological polar surface area (TPSA) is 80.5 Å². The minimum absolute atomic E-state index is 0.334. The lowest BCUT2D eigenvalue weighted by Crippen LogP contribution is -2.42. The molecule has 1 aliphatic heterocycles. The van der Waals surface area contributed by atoms with Crippen LogP contribution in [0.2, 0.25) is 10.3 Å². The van der Waals surface area contributed by atoms with Crippen molar-refractivity contribution in [3.05, 3.63) is 52.0 Å². The quantitative estimate of drug-likeness (QED) is 0.648. The summed E-state index contributed by atoms with van der Waals surface area (Å²) in [7, 11) is 0. The number of carbonyl (C=O) groups is 1. The minimum Gasteiger partial charge on any atom is -0.465 e. The van der Waals surface area contributed by atoms with Gasteiger partial charge in [-0.05, 0) is 36.2 Å². The number of hydrogen-bond acceptors (Lipinski definition) is 4. The molecule has 1 atom stereocenters. The Kier molecular flexibility index (Phi) is 4.67. The van der Waals surface area contributed by atoms with Gasteiger partial charge in [0, 0.05) is 12.2 Å². The monoisotopic (exact) mass is 406 g/mol. The highest BCUT2D eigenvalue weighted by Crippen LogP contribution is 2.32. The first-order valence-corrected chi connectivity index (χ1v) is 9.08. The Hall–Kier alpha value is -2.35. The molecule has 3 heterocycles. The van der Waals surface area contributed by atoms with Gasteiger partial charge in [0.25, 0.3) is 0 Å². The maximum atomic E-state index is 11.5. The van der Waals surface area contributed by atoms with Crippen molar-refractivity contribution in [3.8, 4) is 5.69 Å². The molecule has 140 valence electrons. The fourth-order valence-corrected chi connectivity index (χ4v) is 3.93. The van der Waals surface area contributed by atoms with Crippen molar-refractivity contribution < 1.29 is 14.6 Å². The molecule has 2 aromatic heterocycles. The van der Waals surface area contributed by atoms with Gasteiger partial charge in [0.1, 0.15) is 16.6 Å². The average Bonchev–Trinajstić information content (AvgIpc) is 2.99. The van der Waals surface area contributed by atoms with Gasteiger partial charge in [-0.2, -0.15) is 0 Å². The molecule has 0 bridgehead atoms. The number of morpholine rings is 1. The number of ether oxygens (including phenoxy) is 1. The van der Waals surface area contributed by atoms with E-state index in [0.29, 0.717) is 41.1 Å². The molecule has 0 aliphatic carbocycles. The summed E-state index contributed by atoms with van der Waals surface area (Å²) in [5.74, 6) is 0. The molecule has 3 aromatic rings. The number of fused-ring (bicyclic) bond motifs is 1. The van der Waals surface area contributed by atoms with Gasteiger partial charge in [-0.25, -0.2) is 14.8 Å². The van der Waals surface area contributed by atoms with Crippen molar-refractivity contribution in [1.82, 2.24) is 19.4 Å². The van der Waals surface area contributed by atoms with E-state index in [-0.39, 0.29) is 6.04 Å². The van der Waals surface area contributed by atoms with E-state index in [2.05, 4.69) is 9.97 Å². The van der Waals surface area contributed by atoms with E-state index in [1.807, 2.05) is 25.1 Å². The Labute approximate surface area is 165 Å². The van der Waals surface area contributed by atoms with Crippen LogP contribution < -0.4 is 0 Å². The maximum Gasteiger partial charge on any atom is 0.407 e. The summed E-state index contributed by atoms with van der Waals surface area (Å²) in [5, 5.41) is 10.9. The molecule has 0 radical (unpaired) electrons. The lowest BCUT2D eigenvalue weighted by molar-refractivity contribution is -0.00108. The zero-order chi connectivity index (χ0) is 19.1. The van der Waals surface area contributed by atoms with Gasteiger partial charge >= 0.3 is 6.09 Å². The zero-order valence-corrected chi connectivity index (χ0v) is 15.9. The fraction of sp³-hybridized carbons (Fsp3) is 0.278. The SMILES string of the molecule is Cc1cc(-n2c(Cl)cc3c(Cl)ncnc32)ccc1[C@@H]1COCCN1C(=O)O. The second-order valence-electron chi connectivity index (χ2n) is 6.31. The van der Waals surface area contributed by atoms with Crippen molar-refractivity contribution in [2.75, 3.05) is 19.8 Å². The number of hydrogen-bond donors (Lipinski definition) is 1. The van der Waals surface area contributed by atoms with Crippen LogP contribution >= 0.6 is 23.2 Å². The van der Waals surface area contributed by atoms with E-state index in [0.717, 1.165) is 16.8 Å². The van der Waals surface area contributed by atoms with E-state index < -0.39 is 6.09 Å². The van der Waals surface area contributed by atoms with Crippen molar-refractivity contribution in [2.24, 2.45) is 0 Å². The number of carboxylic acid groups (broad SMARTS) is 1. The van der Waals surface area contributed by atoms with Crippen molar-refractivity contribution >= 4 is 40.3 Å². The molecule has 9 heteroatoms. The van der Waals surface area contributed by atoms with Crippen LogP contribution in [0.1, 0.15) is 17.2 Å². The molecule has 1 saturated heterocycles. The van der Waals surface area contributed by atoms with Crippen molar-refractivity contribution in [3.63, 3.8) is 0 Å². The van der Waals surface area contributed by atoms with Crippen LogP contribution in [0, 0.1) is 6.92 Å². The first kappa shape index (κ1) is 18.0. The van der Waals surface area contributed by atoms with E-state index in [1.54, 1.807) is 10.6 Å². The Morgan fingerprint density at radius 3 is 2.85 bits per heavy atom. The Balaban J connectivity index is 1.78. The molecule has 1 aliphatic rings. The predicted octanol–water partition coefficient (Wildman–Crippen LogP) is 4.09. The fourth-order valence-electron chi connectivity index (χ4n) is 3.46. The summed E-state index contributed by atoms with van der Waals surface area (Å²) in [6, 6.07) is 7.14. The van der Waals surface area contributed by atoms with E-state index in [1.165, 1.54) is 11.2 Å². The molecule has 27 heavy (non-hydrogen) atoms. The number of halogens is 2. The molecule has 1 N–H and O–H groups in total. The molecular weight excluding hydrogens is 391 g/mol. The number of aromatic nitrogens is 3. The number of benzene rings is 1. The van der Waals surface area contributed by atoms with Gasteiger partial charge in [-0.15, -0.1) is 0 Å². The van der Waals surface area contributed by atoms with E-state index in [4.69, 9.17) is 27.9 Å². The van der Waals surface area contributed by atoms with Crippen LogP contribution in [-0.4, -0.2) is 50.4 Å². The molecule has 0 unspecified atom stereocenters. The van der Waals surface area contributed by atoms with Crippen LogP contribution in [0.4, 0.5) is 4.79 Å². The van der Waals surface area contributed by atoms with Crippen LogP contribution in [0.3, 0.4) is 0 Å². The third-order valence-corrected chi connectivity index (χ3v) is 5.33. The first-order chi connectivity index (χ1) is 13.0. The molecule has 1 amide bonds. The molecule has 7 nitrogen and oxygen atoms in total. The minimum atomic E-state index is -0.947. The largest absolute Gasteiger partial charge is 0.465 e. The number of nitrogens with zero attached hydrogens (tertiary/aromatic N) is 4. The third-order valence-electron chi connectivity index (χ3n) is 4.75. The van der Waals surface area contributed by atoms with Crippen molar-refractivity contribution in [2.45, 2.75) is 13.0 Å². The first-order valence-electron chi connectivity index (χ1n) is 8.33. The molecule has 1 aromatic carbocycles. The van der Waals surface area contributed by atoms with E-state index in [9.17, 15) is 9.90 Å². The van der Waals surface area contributed by atoms with Gasteiger partial charge in [-0.3, -0.25) is 9.47 Å². The smallest absolute Gasteiger partial charge is 0.407 e. The summed E-state index contributed by atoms with van der Waals surface area (Å²) in [6.45, 7) is 3.04. The summed E-state index contributed by atoms with van der Waals surface area (Å²) in [5.41, 5.74) is 3.26. The summed E-state index contributed by atoms with van der Waals surface area (Å²) in [4.78, 5) is 21.2. The molecule has 0 spiro atoms. The molecule has 4 rings (SSSR count). The standard InChI is InChI=1S/C18H16Cl2N4O3/c1-10-6-11(24-15(19)7-13-16(20)21-9-22-17(13)24)2-3-12(10)14-8-27-5-4-23(14)18(25)26/h2-3,6-7,9,14H,4-5,8H2,1H3,(H,25,26)/t14-/m0/s1. The Morgan fingerprint density at radius 1 is 1.30 bits per heavy atom. The lowest BCUT2D eigenvalue weighted by atomic mass is 9.99. The predicted molar refractivity (Wildman–Crippen MR) is 102 cm³/mol. The zero-order valence-electron chi connectivity index (χ0n) is 14.4. The van der Waals surface area contributed by atoms with Crippen LogP contribution in [-0.2, 0) is 4.74 Å². The van der Waals surface area contributed by atoms with Gasteiger partial charge < -0.3 is 9.84 Å². The lowest BCUT2D eigenvalue weighted by Gasteiger charge is -2.34. The number of rotatable bonds is 2. The van der Waals surface area contributed by atoms with Gasteiger partial charge in [0.05, 0.1) is 24.6 Å². The second kappa shape index (κ2) is 6.99. The van der Waals surface area contributed by atoms with Crippen LogP contribution in [0.5, 0.6) is 0 Å². The molecule has 0 saturated carbocycles. The third kappa shape index (κ3) is 3.12. The highest BCUT2D eigenvalue weighted by molar-refractivity contribution is 6.36. The maximum absolute atomic E-state index is 11.5. The number of aryl methyl sites for hydroxylation is 1. The average molecular weight is 407 g/mol. The van der Waals surface area contributed by atoms with E-state index >= 15 is 0 Å². The van der Waals surface area contributed by atoms with Gasteiger partial charge in [-0.1, -0.05) is 29.3 Å². The Bertz CT molecular complexity index is 1040. The van der Waals surface area contributed by atoms with Crippen LogP contribution in [0.15, 0.2) is 30.6 Å². The van der Waals surface area contributed by atoms with Gasteiger partial charge in [0.2, 0.25) is 0 Å².